The molecule has 0 aliphatic carbocycles. The third kappa shape index (κ3) is 7.03. The molecule has 1 atom stereocenters. The molecule has 9 nitrogen and oxygen atoms in total. The number of hydrogen-bond donors (Lipinski definition) is 1. The van der Waals surface area contributed by atoms with Crippen molar-refractivity contribution in [2.45, 2.75) is 44.9 Å². The number of non-ortho nitro benzene ring substituents is 1. The molecule has 1 aromatic heterocycles. The molecule has 1 N–H and O–H groups in total. The van der Waals surface area contributed by atoms with Gasteiger partial charge in [-0.05, 0) is 62.2 Å². The van der Waals surface area contributed by atoms with E-state index >= 15 is 0 Å². The van der Waals surface area contributed by atoms with Crippen LogP contribution in [0.5, 0.6) is 0 Å². The summed E-state index contributed by atoms with van der Waals surface area (Å²) >= 11 is 6.57. The molecular weight excluding hydrogens is 566 g/mol. The lowest BCUT2D eigenvalue weighted by molar-refractivity contribution is -0.384. The van der Waals surface area contributed by atoms with E-state index in [9.17, 15) is 23.7 Å². The number of carbonyl (C=O) groups is 1. The molecule has 3 aromatic rings. The number of nitro groups is 1. The molecule has 2 saturated heterocycles. The molecule has 0 saturated carbocycles. The number of nitrogens with zero attached hydrogens (tertiary/aromatic N) is 5. The smallest absolute Gasteiger partial charge is 0.269 e. The fourth-order valence-corrected chi connectivity index (χ4v) is 6.10. The number of likely N-dealkylation sites (tertiary alicyclic amines) is 1. The van der Waals surface area contributed by atoms with E-state index in [4.69, 9.17) is 11.6 Å². The number of anilines is 1. The van der Waals surface area contributed by atoms with Gasteiger partial charge in [-0.15, -0.1) is 0 Å². The number of carbonyl (C=O) groups excluding carboxylic acids is 1. The number of pyridine rings is 1. The lowest BCUT2D eigenvalue weighted by atomic mass is 9.99. The minimum absolute atomic E-state index is 0.0465. The van der Waals surface area contributed by atoms with Crippen molar-refractivity contribution in [3.05, 3.63) is 98.2 Å². The van der Waals surface area contributed by atoms with Gasteiger partial charge >= 0.3 is 0 Å². The lowest BCUT2D eigenvalue weighted by Gasteiger charge is -2.47. The van der Waals surface area contributed by atoms with Crippen LogP contribution in [0.15, 0.2) is 54.7 Å². The van der Waals surface area contributed by atoms with Gasteiger partial charge in [0.1, 0.15) is 5.82 Å². The van der Waals surface area contributed by atoms with E-state index in [2.05, 4.69) is 31.9 Å². The highest BCUT2D eigenvalue weighted by Gasteiger charge is 2.32. The standard InChI is InChI=1S/C30H33ClF2N6O3/c1-20-18-37(29-26(31)15-23(17-34-29)30(40)35-16-22-4-7-27(32)28(33)14-22)12-13-38(20)24-8-10-36(11-9-24)19-21-2-5-25(6-3-21)39(41)42/h2-7,14-15,17,20,24H,8-13,16,18-19H2,1H3,(H,35,40). The topological polar surface area (TPSA) is 94.9 Å². The highest BCUT2D eigenvalue weighted by molar-refractivity contribution is 6.33. The Bertz CT molecular complexity index is 1440. The number of piperazine rings is 1. The van der Waals surface area contributed by atoms with Crippen LogP contribution in [0.2, 0.25) is 5.02 Å². The third-order valence-corrected chi connectivity index (χ3v) is 8.36. The van der Waals surface area contributed by atoms with Crippen molar-refractivity contribution in [3.63, 3.8) is 0 Å². The molecule has 0 radical (unpaired) electrons. The molecule has 1 amide bonds. The molecule has 2 fully saturated rings. The van der Waals surface area contributed by atoms with E-state index in [1.54, 1.807) is 18.2 Å². The second-order valence-corrected chi connectivity index (χ2v) is 11.3. The number of nitrogens with one attached hydrogen (secondary N) is 1. The van der Waals surface area contributed by atoms with E-state index in [1.165, 1.54) is 12.3 Å². The van der Waals surface area contributed by atoms with Crippen LogP contribution >= 0.6 is 11.6 Å². The molecular formula is C30H33ClF2N6O3. The molecule has 12 heteroatoms. The van der Waals surface area contributed by atoms with Crippen LogP contribution in [0.4, 0.5) is 20.3 Å². The van der Waals surface area contributed by atoms with Gasteiger partial charge in [0.15, 0.2) is 11.6 Å². The molecule has 2 aliphatic heterocycles. The van der Waals surface area contributed by atoms with Crippen LogP contribution in [0, 0.1) is 21.7 Å². The fraction of sp³-hybridized carbons (Fsp3) is 0.400. The number of rotatable bonds is 8. The largest absolute Gasteiger partial charge is 0.353 e. The van der Waals surface area contributed by atoms with Gasteiger partial charge in [-0.2, -0.15) is 0 Å². The number of aromatic nitrogens is 1. The Morgan fingerprint density at radius 1 is 1.05 bits per heavy atom. The van der Waals surface area contributed by atoms with Crippen LogP contribution in [0.25, 0.3) is 0 Å². The molecule has 42 heavy (non-hydrogen) atoms. The van der Waals surface area contributed by atoms with Crippen molar-refractivity contribution in [2.75, 3.05) is 37.6 Å². The normalized spacial score (nSPS) is 18.7. The van der Waals surface area contributed by atoms with Crippen molar-refractivity contribution >= 4 is 29.0 Å². The van der Waals surface area contributed by atoms with Crippen molar-refractivity contribution in [2.24, 2.45) is 0 Å². The quantitative estimate of drug-likeness (QED) is 0.287. The van der Waals surface area contributed by atoms with Gasteiger partial charge in [0, 0.05) is 63.1 Å². The van der Waals surface area contributed by atoms with Crippen LogP contribution in [-0.2, 0) is 13.1 Å². The van der Waals surface area contributed by atoms with Crippen LogP contribution in [-0.4, -0.2) is 70.4 Å². The SMILES string of the molecule is CC1CN(c2ncc(C(=O)NCc3ccc(F)c(F)c3)cc2Cl)CCN1C1CCN(Cc2ccc([N+](=O)[O-])cc2)CC1. The summed E-state index contributed by atoms with van der Waals surface area (Å²) in [5.74, 6) is -1.67. The van der Waals surface area contributed by atoms with Gasteiger partial charge in [-0.25, -0.2) is 13.8 Å². The summed E-state index contributed by atoms with van der Waals surface area (Å²) in [5.41, 5.74) is 1.93. The first kappa shape index (κ1) is 29.8. The molecule has 2 aliphatic rings. The van der Waals surface area contributed by atoms with Gasteiger partial charge in [-0.1, -0.05) is 29.8 Å². The van der Waals surface area contributed by atoms with Gasteiger partial charge in [-0.3, -0.25) is 24.7 Å². The lowest BCUT2D eigenvalue weighted by Crippen LogP contribution is -2.57. The predicted octanol–water partition coefficient (Wildman–Crippen LogP) is 5.03. The average molecular weight is 599 g/mol. The first-order valence-corrected chi connectivity index (χ1v) is 14.4. The Kier molecular flexibility index (Phi) is 9.30. The minimum Gasteiger partial charge on any atom is -0.353 e. The highest BCUT2D eigenvalue weighted by Crippen LogP contribution is 2.29. The molecule has 222 valence electrons. The first-order chi connectivity index (χ1) is 20.2. The second-order valence-electron chi connectivity index (χ2n) is 10.9. The minimum atomic E-state index is -0.963. The molecule has 1 unspecified atom stereocenters. The van der Waals surface area contributed by atoms with Crippen molar-refractivity contribution in [3.8, 4) is 0 Å². The number of nitro benzene ring substituents is 1. The summed E-state index contributed by atoms with van der Waals surface area (Å²) in [6, 6.07) is 12.6. The Morgan fingerprint density at radius 3 is 2.40 bits per heavy atom. The molecule has 3 heterocycles. The average Bonchev–Trinajstić information content (AvgIpc) is 2.98. The summed E-state index contributed by atoms with van der Waals surface area (Å²) in [7, 11) is 0. The zero-order valence-corrected chi connectivity index (χ0v) is 24.1. The molecule has 5 rings (SSSR count). The maximum Gasteiger partial charge on any atom is 0.269 e. The summed E-state index contributed by atoms with van der Waals surface area (Å²) in [6.45, 7) is 7.40. The Hall–Kier alpha value is -3.67. The third-order valence-electron chi connectivity index (χ3n) is 8.08. The predicted molar refractivity (Wildman–Crippen MR) is 157 cm³/mol. The first-order valence-electron chi connectivity index (χ1n) is 14.0. The van der Waals surface area contributed by atoms with Gasteiger partial charge < -0.3 is 10.2 Å². The maximum absolute atomic E-state index is 13.4. The summed E-state index contributed by atoms with van der Waals surface area (Å²) in [6.07, 6.45) is 3.61. The van der Waals surface area contributed by atoms with E-state index in [0.717, 1.165) is 69.8 Å². The van der Waals surface area contributed by atoms with Crippen LogP contribution in [0.3, 0.4) is 0 Å². The van der Waals surface area contributed by atoms with Crippen molar-refractivity contribution < 1.29 is 18.5 Å². The van der Waals surface area contributed by atoms with Gasteiger partial charge in [0.05, 0.1) is 15.5 Å². The second kappa shape index (κ2) is 13.1. The number of piperidine rings is 1. The van der Waals surface area contributed by atoms with Crippen molar-refractivity contribution in [1.29, 1.82) is 0 Å². The zero-order chi connectivity index (χ0) is 29.8. The zero-order valence-electron chi connectivity index (χ0n) is 23.3. The number of halogens is 3. The molecule has 2 aromatic carbocycles. The van der Waals surface area contributed by atoms with Crippen molar-refractivity contribution in [1.82, 2.24) is 20.1 Å². The van der Waals surface area contributed by atoms with Gasteiger partial charge in [0.2, 0.25) is 0 Å². The Balaban J connectivity index is 1.11. The number of hydrogen-bond acceptors (Lipinski definition) is 7. The summed E-state index contributed by atoms with van der Waals surface area (Å²) < 4.78 is 26.6. The number of benzene rings is 2. The van der Waals surface area contributed by atoms with E-state index < -0.39 is 17.5 Å². The van der Waals surface area contributed by atoms with Crippen LogP contribution in [0.1, 0.15) is 41.3 Å². The van der Waals surface area contributed by atoms with Gasteiger partial charge in [0.25, 0.3) is 11.6 Å². The number of amides is 1. The Morgan fingerprint density at radius 2 is 1.76 bits per heavy atom. The van der Waals surface area contributed by atoms with E-state index in [1.807, 2.05) is 12.1 Å². The maximum atomic E-state index is 13.4. The van der Waals surface area contributed by atoms with E-state index in [0.29, 0.717) is 34.1 Å². The monoisotopic (exact) mass is 598 g/mol. The highest BCUT2D eigenvalue weighted by atomic mass is 35.5. The summed E-state index contributed by atoms with van der Waals surface area (Å²) in [5, 5.41) is 14.0. The molecule has 0 bridgehead atoms. The van der Waals surface area contributed by atoms with Crippen LogP contribution < -0.4 is 10.2 Å². The van der Waals surface area contributed by atoms with E-state index in [-0.39, 0.29) is 17.2 Å². The summed E-state index contributed by atoms with van der Waals surface area (Å²) in [4.78, 5) is 34.8. The Labute approximate surface area is 248 Å². The molecule has 0 spiro atoms. The fourth-order valence-electron chi connectivity index (χ4n) is 5.82.